The Morgan fingerprint density at radius 3 is 2.41 bits per heavy atom. The van der Waals surface area contributed by atoms with Crippen molar-refractivity contribution in [1.29, 1.82) is 0 Å². The van der Waals surface area contributed by atoms with E-state index in [9.17, 15) is 9.59 Å². The SMILES string of the molecule is CC(=O)Nc1ccc(Cl)c(NC(=O)COc2cc(C)c(Cl)cc2C(C)C)c1. The number of carbonyl (C=O) groups is 2. The maximum atomic E-state index is 12.3. The molecule has 2 aromatic rings. The van der Waals surface area contributed by atoms with Crippen molar-refractivity contribution in [3.05, 3.63) is 51.5 Å². The van der Waals surface area contributed by atoms with Gasteiger partial charge < -0.3 is 15.4 Å². The van der Waals surface area contributed by atoms with Crippen molar-refractivity contribution in [3.8, 4) is 5.75 Å². The summed E-state index contributed by atoms with van der Waals surface area (Å²) in [5, 5.41) is 6.37. The summed E-state index contributed by atoms with van der Waals surface area (Å²) < 4.78 is 5.72. The Morgan fingerprint density at radius 2 is 1.78 bits per heavy atom. The standard InChI is InChI=1S/C20H22Cl2N2O3/c1-11(2)15-9-17(22)12(3)7-19(15)27-10-20(26)24-18-8-14(23-13(4)25)5-6-16(18)21/h5-9,11H,10H2,1-4H3,(H,23,25)(H,24,26). The quantitative estimate of drug-likeness (QED) is 0.671. The lowest BCUT2D eigenvalue weighted by Gasteiger charge is -2.16. The van der Waals surface area contributed by atoms with E-state index in [2.05, 4.69) is 10.6 Å². The van der Waals surface area contributed by atoms with E-state index in [-0.39, 0.29) is 24.3 Å². The molecule has 0 atom stereocenters. The zero-order valence-electron chi connectivity index (χ0n) is 15.7. The number of hydrogen-bond donors (Lipinski definition) is 2. The third-order valence-corrected chi connectivity index (χ3v) is 4.57. The highest BCUT2D eigenvalue weighted by molar-refractivity contribution is 6.34. The summed E-state index contributed by atoms with van der Waals surface area (Å²) in [7, 11) is 0. The summed E-state index contributed by atoms with van der Waals surface area (Å²) in [6.07, 6.45) is 0. The first-order chi connectivity index (χ1) is 12.7. The predicted octanol–water partition coefficient (Wildman–Crippen LogP) is 5.40. The van der Waals surface area contributed by atoms with E-state index in [1.54, 1.807) is 18.2 Å². The monoisotopic (exact) mass is 408 g/mol. The fourth-order valence-corrected chi connectivity index (χ4v) is 2.82. The van der Waals surface area contributed by atoms with Crippen LogP contribution in [0.1, 0.15) is 37.8 Å². The topological polar surface area (TPSA) is 67.4 Å². The highest BCUT2D eigenvalue weighted by Crippen LogP contribution is 2.32. The van der Waals surface area contributed by atoms with Crippen LogP contribution in [0.5, 0.6) is 5.75 Å². The van der Waals surface area contributed by atoms with E-state index in [1.165, 1.54) is 6.92 Å². The van der Waals surface area contributed by atoms with Gasteiger partial charge in [0.2, 0.25) is 5.91 Å². The van der Waals surface area contributed by atoms with Gasteiger partial charge in [-0.05, 0) is 54.3 Å². The van der Waals surface area contributed by atoms with Gasteiger partial charge >= 0.3 is 0 Å². The largest absolute Gasteiger partial charge is 0.483 e. The van der Waals surface area contributed by atoms with Gasteiger partial charge in [0, 0.05) is 17.6 Å². The second-order valence-electron chi connectivity index (χ2n) is 6.51. The summed E-state index contributed by atoms with van der Waals surface area (Å²) in [4.78, 5) is 23.5. The van der Waals surface area contributed by atoms with E-state index in [4.69, 9.17) is 27.9 Å². The second kappa shape index (κ2) is 9.11. The summed E-state index contributed by atoms with van der Waals surface area (Å²) >= 11 is 12.3. The molecule has 7 heteroatoms. The molecule has 27 heavy (non-hydrogen) atoms. The smallest absolute Gasteiger partial charge is 0.262 e. The number of carbonyl (C=O) groups excluding carboxylic acids is 2. The molecule has 0 aliphatic rings. The van der Waals surface area contributed by atoms with Gasteiger partial charge in [0.15, 0.2) is 6.61 Å². The van der Waals surface area contributed by atoms with E-state index in [0.29, 0.717) is 27.2 Å². The summed E-state index contributed by atoms with van der Waals surface area (Å²) in [6.45, 7) is 7.16. The minimum Gasteiger partial charge on any atom is -0.483 e. The molecule has 0 unspecified atom stereocenters. The molecule has 0 aromatic heterocycles. The first-order valence-corrected chi connectivity index (χ1v) is 9.22. The van der Waals surface area contributed by atoms with Gasteiger partial charge in [-0.15, -0.1) is 0 Å². The van der Waals surface area contributed by atoms with Crippen LogP contribution in [0.25, 0.3) is 0 Å². The van der Waals surface area contributed by atoms with Crippen molar-refractivity contribution in [1.82, 2.24) is 0 Å². The van der Waals surface area contributed by atoms with Gasteiger partial charge in [0.1, 0.15) is 5.75 Å². The Kier molecular flexibility index (Phi) is 7.11. The van der Waals surface area contributed by atoms with Crippen LogP contribution >= 0.6 is 23.2 Å². The van der Waals surface area contributed by atoms with Crippen LogP contribution < -0.4 is 15.4 Å². The first-order valence-electron chi connectivity index (χ1n) is 8.47. The molecule has 0 fully saturated rings. The van der Waals surface area contributed by atoms with Gasteiger partial charge in [0.05, 0.1) is 10.7 Å². The lowest BCUT2D eigenvalue weighted by atomic mass is 10.0. The molecule has 0 aliphatic carbocycles. The first kappa shape index (κ1) is 21.1. The van der Waals surface area contributed by atoms with Crippen molar-refractivity contribution in [2.24, 2.45) is 0 Å². The molecule has 0 spiro atoms. The molecule has 2 amide bonds. The van der Waals surface area contributed by atoms with Crippen LogP contribution in [0.4, 0.5) is 11.4 Å². The van der Waals surface area contributed by atoms with Gasteiger partial charge in [-0.1, -0.05) is 37.0 Å². The van der Waals surface area contributed by atoms with Crippen LogP contribution in [0.2, 0.25) is 10.0 Å². The van der Waals surface area contributed by atoms with Crippen molar-refractivity contribution in [2.45, 2.75) is 33.6 Å². The minimum atomic E-state index is -0.362. The predicted molar refractivity (Wildman–Crippen MR) is 110 cm³/mol. The number of ether oxygens (including phenoxy) is 1. The van der Waals surface area contributed by atoms with Crippen molar-refractivity contribution in [3.63, 3.8) is 0 Å². The molecule has 0 heterocycles. The number of amides is 2. The van der Waals surface area contributed by atoms with E-state index in [0.717, 1.165) is 11.1 Å². The molecule has 2 N–H and O–H groups in total. The Hall–Kier alpha value is -2.24. The molecular weight excluding hydrogens is 387 g/mol. The summed E-state index contributed by atoms with van der Waals surface area (Å²) in [5.74, 6) is 0.251. The van der Waals surface area contributed by atoms with Crippen molar-refractivity contribution in [2.75, 3.05) is 17.2 Å². The van der Waals surface area contributed by atoms with Gasteiger partial charge in [-0.3, -0.25) is 9.59 Å². The fourth-order valence-electron chi connectivity index (χ4n) is 2.48. The molecule has 0 radical (unpaired) electrons. The number of halogens is 2. The van der Waals surface area contributed by atoms with Crippen LogP contribution in [0, 0.1) is 6.92 Å². The minimum absolute atomic E-state index is 0.179. The lowest BCUT2D eigenvalue weighted by molar-refractivity contribution is -0.118. The molecule has 5 nitrogen and oxygen atoms in total. The van der Waals surface area contributed by atoms with Crippen LogP contribution in [-0.4, -0.2) is 18.4 Å². The number of nitrogens with one attached hydrogen (secondary N) is 2. The highest BCUT2D eigenvalue weighted by atomic mass is 35.5. The van der Waals surface area contributed by atoms with Crippen LogP contribution in [0.3, 0.4) is 0 Å². The highest BCUT2D eigenvalue weighted by Gasteiger charge is 2.14. The second-order valence-corrected chi connectivity index (χ2v) is 7.32. The Labute approximate surface area is 169 Å². The average molecular weight is 409 g/mol. The number of anilines is 2. The molecule has 0 saturated carbocycles. The number of rotatable bonds is 6. The van der Waals surface area contributed by atoms with Gasteiger partial charge in [0.25, 0.3) is 5.91 Å². The van der Waals surface area contributed by atoms with Crippen molar-refractivity contribution < 1.29 is 14.3 Å². The van der Waals surface area contributed by atoms with Crippen molar-refractivity contribution >= 4 is 46.4 Å². The van der Waals surface area contributed by atoms with Gasteiger partial charge in [-0.2, -0.15) is 0 Å². The Bertz CT molecular complexity index is 867. The summed E-state index contributed by atoms with van der Waals surface area (Å²) in [5.41, 5.74) is 2.75. The molecular formula is C20H22Cl2N2O3. The van der Waals surface area contributed by atoms with E-state index >= 15 is 0 Å². The molecule has 2 aromatic carbocycles. The molecule has 0 saturated heterocycles. The van der Waals surface area contributed by atoms with Crippen LogP contribution in [-0.2, 0) is 9.59 Å². The fraction of sp³-hybridized carbons (Fsp3) is 0.300. The Morgan fingerprint density at radius 1 is 1.07 bits per heavy atom. The van der Waals surface area contributed by atoms with Gasteiger partial charge in [-0.25, -0.2) is 0 Å². The Balaban J connectivity index is 2.09. The zero-order valence-corrected chi connectivity index (χ0v) is 17.2. The average Bonchev–Trinajstić information content (AvgIpc) is 2.58. The number of hydrogen-bond acceptors (Lipinski definition) is 3. The zero-order chi connectivity index (χ0) is 20.1. The number of benzene rings is 2. The maximum Gasteiger partial charge on any atom is 0.262 e. The molecule has 144 valence electrons. The third-order valence-electron chi connectivity index (χ3n) is 3.83. The normalized spacial score (nSPS) is 10.6. The molecule has 0 aliphatic heterocycles. The summed E-state index contributed by atoms with van der Waals surface area (Å²) in [6, 6.07) is 8.54. The van der Waals surface area contributed by atoms with Crippen LogP contribution in [0.15, 0.2) is 30.3 Å². The maximum absolute atomic E-state index is 12.3. The third kappa shape index (κ3) is 5.88. The number of aryl methyl sites for hydroxylation is 1. The molecule has 0 bridgehead atoms. The molecule has 2 rings (SSSR count). The lowest BCUT2D eigenvalue weighted by Crippen LogP contribution is -2.21. The van der Waals surface area contributed by atoms with E-state index < -0.39 is 0 Å². The van der Waals surface area contributed by atoms with E-state index in [1.807, 2.05) is 32.9 Å².